The number of aryl methyl sites for hydroxylation is 1. The third-order valence-electron chi connectivity index (χ3n) is 2.55. The van der Waals surface area contributed by atoms with Crippen molar-refractivity contribution in [3.63, 3.8) is 0 Å². The molecule has 0 unspecified atom stereocenters. The summed E-state index contributed by atoms with van der Waals surface area (Å²) < 4.78 is 23.6. The summed E-state index contributed by atoms with van der Waals surface area (Å²) in [5, 5.41) is 9.56. The number of hydrogen-bond acceptors (Lipinski definition) is 2. The highest BCUT2D eigenvalue weighted by atomic mass is 16.4. The Morgan fingerprint density at radius 2 is 2.38 bits per heavy atom. The first-order chi connectivity index (χ1) is 8.80. The van der Waals surface area contributed by atoms with E-state index in [0.717, 1.165) is 5.39 Å². The van der Waals surface area contributed by atoms with Crippen LogP contribution >= 0.6 is 0 Å². The van der Waals surface area contributed by atoms with Gasteiger partial charge in [-0.25, -0.2) is 0 Å². The average molecular weight is 221 g/mol. The first kappa shape index (κ1) is 7.46. The molecule has 0 saturated heterocycles. The number of carbonyl (C=O) groups is 1. The van der Waals surface area contributed by atoms with Crippen molar-refractivity contribution in [3.8, 4) is 0 Å². The minimum absolute atomic E-state index is 0.0962. The summed E-state index contributed by atoms with van der Waals surface area (Å²) in [5.41, 5.74) is 6.69. The van der Waals surface area contributed by atoms with Crippen molar-refractivity contribution >= 4 is 16.9 Å². The highest BCUT2D eigenvalue weighted by molar-refractivity contribution is 5.85. The molecule has 1 aromatic carbocycles. The molecule has 0 aliphatic heterocycles. The van der Waals surface area contributed by atoms with E-state index in [1.165, 1.54) is 10.8 Å². The number of aliphatic carboxylic acids is 1. The van der Waals surface area contributed by atoms with Crippen LogP contribution in [0.5, 0.6) is 0 Å². The lowest BCUT2D eigenvalue weighted by atomic mass is 10.1. The van der Waals surface area contributed by atoms with Crippen molar-refractivity contribution < 1.29 is 14.0 Å². The summed E-state index contributed by atoms with van der Waals surface area (Å²) in [7, 11) is 0. The Morgan fingerprint density at radius 1 is 1.62 bits per heavy atom. The molecular formula is C12H14N2O2. The fourth-order valence-corrected chi connectivity index (χ4v) is 1.74. The fourth-order valence-electron chi connectivity index (χ4n) is 1.74. The summed E-state index contributed by atoms with van der Waals surface area (Å²) in [5.74, 6) is -1.11. The highest BCUT2D eigenvalue weighted by Gasteiger charge is 2.15. The van der Waals surface area contributed by atoms with Gasteiger partial charge in [0.25, 0.3) is 0 Å². The molecular weight excluding hydrogens is 204 g/mol. The largest absolute Gasteiger partial charge is 0.480 e. The van der Waals surface area contributed by atoms with E-state index in [0.29, 0.717) is 11.1 Å². The van der Waals surface area contributed by atoms with Crippen LogP contribution in [0.25, 0.3) is 10.9 Å². The lowest BCUT2D eigenvalue weighted by Crippen LogP contribution is -2.32. The van der Waals surface area contributed by atoms with Crippen LogP contribution in [0.3, 0.4) is 0 Å². The van der Waals surface area contributed by atoms with Crippen LogP contribution in [0.2, 0.25) is 0 Å². The predicted molar refractivity (Wildman–Crippen MR) is 62.2 cm³/mol. The van der Waals surface area contributed by atoms with E-state index in [-0.39, 0.29) is 6.42 Å². The van der Waals surface area contributed by atoms with Gasteiger partial charge < -0.3 is 15.4 Å². The van der Waals surface area contributed by atoms with E-state index in [1.54, 1.807) is 24.3 Å². The molecule has 0 bridgehead atoms. The standard InChI is InChI=1S/C12H14N2O2/c1-14-7-8(6-10(13)12(15)16)9-4-2-3-5-11(9)14/h2-5,7,10H,6,13H2,1H3,(H,15,16)/t10-/m0/s1/i1D3. The number of carboxylic acids is 1. The van der Waals surface area contributed by atoms with Crippen molar-refractivity contribution in [1.29, 1.82) is 0 Å². The van der Waals surface area contributed by atoms with Gasteiger partial charge in [-0.3, -0.25) is 4.79 Å². The Morgan fingerprint density at radius 3 is 3.06 bits per heavy atom. The van der Waals surface area contributed by atoms with Crippen molar-refractivity contribution in [2.24, 2.45) is 12.7 Å². The fraction of sp³-hybridized carbons (Fsp3) is 0.250. The number of hydrogen-bond donors (Lipinski definition) is 2. The number of para-hydroxylation sites is 1. The monoisotopic (exact) mass is 221 g/mol. The lowest BCUT2D eigenvalue weighted by Gasteiger charge is -2.04. The van der Waals surface area contributed by atoms with Crippen LogP contribution in [-0.2, 0) is 18.2 Å². The zero-order valence-electron chi connectivity index (χ0n) is 11.6. The third-order valence-corrected chi connectivity index (χ3v) is 2.55. The second-order valence-electron chi connectivity index (χ2n) is 3.69. The molecule has 0 aliphatic rings. The number of nitrogens with two attached hydrogens (primary N) is 1. The summed E-state index contributed by atoms with van der Waals surface area (Å²) in [4.78, 5) is 10.8. The molecule has 2 aromatic rings. The third kappa shape index (κ3) is 1.79. The summed E-state index contributed by atoms with van der Waals surface area (Å²) in [6, 6.07) is 5.93. The molecule has 4 heteroatoms. The summed E-state index contributed by atoms with van der Waals surface area (Å²) in [6.07, 6.45) is 1.55. The van der Waals surface area contributed by atoms with Gasteiger partial charge in [0.15, 0.2) is 0 Å². The molecule has 0 fully saturated rings. The van der Waals surface area contributed by atoms with Crippen LogP contribution < -0.4 is 5.73 Å². The van der Waals surface area contributed by atoms with E-state index < -0.39 is 19.0 Å². The van der Waals surface area contributed by atoms with E-state index in [1.807, 2.05) is 0 Å². The second-order valence-corrected chi connectivity index (χ2v) is 3.69. The number of aromatic nitrogens is 1. The highest BCUT2D eigenvalue weighted by Crippen LogP contribution is 2.21. The quantitative estimate of drug-likeness (QED) is 0.816. The maximum atomic E-state index is 10.8. The molecule has 0 aliphatic carbocycles. The van der Waals surface area contributed by atoms with Gasteiger partial charge in [0.1, 0.15) is 6.04 Å². The Kier molecular flexibility index (Phi) is 1.86. The van der Waals surface area contributed by atoms with Crippen molar-refractivity contribution in [2.45, 2.75) is 12.5 Å². The minimum atomic E-state index is -2.30. The summed E-state index contributed by atoms with van der Waals surface area (Å²) >= 11 is 0. The topological polar surface area (TPSA) is 68.2 Å². The first-order valence-corrected chi connectivity index (χ1v) is 4.88. The van der Waals surface area contributed by atoms with Crippen molar-refractivity contribution in [1.82, 2.24) is 4.57 Å². The van der Waals surface area contributed by atoms with Crippen LogP contribution in [0.4, 0.5) is 0 Å². The van der Waals surface area contributed by atoms with Crippen LogP contribution in [-0.4, -0.2) is 21.7 Å². The normalized spacial score (nSPS) is 16.4. The van der Waals surface area contributed by atoms with Gasteiger partial charge in [-0.2, -0.15) is 0 Å². The van der Waals surface area contributed by atoms with E-state index in [4.69, 9.17) is 15.0 Å². The Balaban J connectivity index is 2.54. The molecule has 0 radical (unpaired) electrons. The molecule has 0 amide bonds. The number of rotatable bonds is 3. The minimum Gasteiger partial charge on any atom is -0.480 e. The van der Waals surface area contributed by atoms with Crippen LogP contribution in [0.1, 0.15) is 9.68 Å². The molecule has 1 atom stereocenters. The van der Waals surface area contributed by atoms with Crippen LogP contribution in [0, 0.1) is 0 Å². The number of nitrogens with zero attached hydrogens (tertiary/aromatic N) is 1. The van der Waals surface area contributed by atoms with Gasteiger partial charge in [-0.05, 0) is 11.6 Å². The Labute approximate surface area is 97.5 Å². The molecule has 1 aromatic heterocycles. The van der Waals surface area contributed by atoms with Crippen LogP contribution in [0.15, 0.2) is 30.5 Å². The average Bonchev–Trinajstić information content (AvgIpc) is 2.68. The van der Waals surface area contributed by atoms with Crippen molar-refractivity contribution in [2.75, 3.05) is 0 Å². The maximum absolute atomic E-state index is 10.8. The molecule has 0 saturated carbocycles. The van der Waals surface area contributed by atoms with E-state index in [2.05, 4.69) is 0 Å². The lowest BCUT2D eigenvalue weighted by molar-refractivity contribution is -0.138. The van der Waals surface area contributed by atoms with Gasteiger partial charge in [0.05, 0.1) is 0 Å². The number of fused-ring (bicyclic) bond motifs is 1. The summed E-state index contributed by atoms with van der Waals surface area (Å²) in [6.45, 7) is -2.30. The molecule has 16 heavy (non-hydrogen) atoms. The Bertz CT molecular complexity index is 619. The van der Waals surface area contributed by atoms with Gasteiger partial charge in [-0.1, -0.05) is 18.2 Å². The molecule has 2 rings (SSSR count). The van der Waals surface area contributed by atoms with Gasteiger partial charge in [0.2, 0.25) is 0 Å². The molecule has 1 heterocycles. The zero-order valence-corrected chi connectivity index (χ0v) is 8.55. The molecule has 4 nitrogen and oxygen atoms in total. The molecule has 3 N–H and O–H groups in total. The predicted octanol–water partition coefficient (Wildman–Crippen LogP) is 1.13. The SMILES string of the molecule is [2H]C([2H])([2H])n1cc(C[C@H](N)C(=O)O)c2ccccc21. The van der Waals surface area contributed by atoms with E-state index in [9.17, 15) is 4.79 Å². The van der Waals surface area contributed by atoms with Gasteiger partial charge in [0, 0.05) is 34.6 Å². The van der Waals surface area contributed by atoms with E-state index >= 15 is 0 Å². The van der Waals surface area contributed by atoms with Crippen molar-refractivity contribution in [3.05, 3.63) is 36.0 Å². The van der Waals surface area contributed by atoms with Gasteiger partial charge >= 0.3 is 5.97 Å². The number of benzene rings is 1. The molecule has 84 valence electrons. The van der Waals surface area contributed by atoms with Gasteiger partial charge in [-0.15, -0.1) is 0 Å². The second kappa shape index (κ2) is 3.98. The maximum Gasteiger partial charge on any atom is 0.320 e. The zero-order chi connectivity index (χ0) is 14.2. The Hall–Kier alpha value is -1.81. The smallest absolute Gasteiger partial charge is 0.320 e. The first-order valence-electron chi connectivity index (χ1n) is 6.38. The molecule has 0 spiro atoms. The number of carboxylic acid groups (broad SMARTS) is 1.